The largest absolute Gasteiger partial charge is 0.370 e. The molecule has 3 N–H and O–H groups in total. The first kappa shape index (κ1) is 22.6. The second-order valence-corrected chi connectivity index (χ2v) is 9.12. The molecule has 0 radical (unpaired) electrons. The summed E-state index contributed by atoms with van der Waals surface area (Å²) in [5.41, 5.74) is 8.39. The van der Waals surface area contributed by atoms with E-state index in [0.29, 0.717) is 24.3 Å². The fraction of sp³-hybridized carbons (Fsp3) is 0.667. The van der Waals surface area contributed by atoms with Crippen LogP contribution in [0.5, 0.6) is 0 Å². The van der Waals surface area contributed by atoms with Crippen molar-refractivity contribution in [2.45, 2.75) is 59.0 Å². The van der Waals surface area contributed by atoms with Crippen LogP contribution in [0.4, 0.5) is 0 Å². The highest BCUT2D eigenvalue weighted by atomic mass is 16.1. The van der Waals surface area contributed by atoms with Crippen molar-refractivity contribution in [2.24, 2.45) is 22.6 Å². The Labute approximate surface area is 181 Å². The number of fused-ring (bicyclic) bond motifs is 1. The molecule has 30 heavy (non-hydrogen) atoms. The number of aliphatic imine (C=N–C) groups is 1. The van der Waals surface area contributed by atoms with Crippen molar-refractivity contribution < 1.29 is 4.79 Å². The third-order valence-corrected chi connectivity index (χ3v) is 6.47. The maximum absolute atomic E-state index is 11.4. The van der Waals surface area contributed by atoms with Crippen LogP contribution in [0.25, 0.3) is 0 Å². The summed E-state index contributed by atoms with van der Waals surface area (Å²) in [6.07, 6.45) is 3.74. The fourth-order valence-electron chi connectivity index (χ4n) is 4.86. The number of nitrogens with zero attached hydrogens (tertiary/aromatic N) is 3. The molecule has 1 aromatic carbocycles. The zero-order valence-corrected chi connectivity index (χ0v) is 18.9. The van der Waals surface area contributed by atoms with Gasteiger partial charge in [-0.25, -0.2) is 0 Å². The molecule has 6 heteroatoms. The molecule has 0 aromatic heterocycles. The zero-order chi connectivity index (χ0) is 21.5. The van der Waals surface area contributed by atoms with E-state index < -0.39 is 0 Å². The van der Waals surface area contributed by atoms with Gasteiger partial charge in [0.1, 0.15) is 0 Å². The highest BCUT2D eigenvalue weighted by Gasteiger charge is 2.27. The van der Waals surface area contributed by atoms with Crippen LogP contribution >= 0.6 is 0 Å². The Morgan fingerprint density at radius 3 is 2.73 bits per heavy atom. The molecule has 0 bridgehead atoms. The molecule has 2 heterocycles. The van der Waals surface area contributed by atoms with Crippen LogP contribution in [0.3, 0.4) is 0 Å². The van der Waals surface area contributed by atoms with Crippen molar-refractivity contribution in [1.29, 1.82) is 0 Å². The van der Waals surface area contributed by atoms with E-state index in [2.05, 4.69) is 60.2 Å². The third-order valence-electron chi connectivity index (χ3n) is 6.47. The Bertz CT molecular complexity index is 732. The molecular weight excluding hydrogens is 374 g/mol. The molecule has 166 valence electrons. The number of piperidine rings is 1. The number of carbonyl (C=O) groups excluding carboxylic acids is 1. The van der Waals surface area contributed by atoms with E-state index in [1.54, 1.807) is 0 Å². The maximum Gasteiger partial charge on any atom is 0.217 e. The van der Waals surface area contributed by atoms with Gasteiger partial charge in [0.25, 0.3) is 0 Å². The Morgan fingerprint density at radius 1 is 1.27 bits per heavy atom. The zero-order valence-electron chi connectivity index (χ0n) is 18.9. The van der Waals surface area contributed by atoms with Gasteiger partial charge in [0, 0.05) is 45.2 Å². The molecule has 1 aromatic rings. The lowest BCUT2D eigenvalue weighted by molar-refractivity contribution is -0.119. The lowest BCUT2D eigenvalue weighted by Crippen LogP contribution is -2.48. The molecule has 2 atom stereocenters. The van der Waals surface area contributed by atoms with Crippen LogP contribution in [-0.4, -0.2) is 60.4 Å². The number of nitrogens with one attached hydrogen (secondary N) is 1. The molecule has 0 aliphatic carbocycles. The van der Waals surface area contributed by atoms with E-state index in [9.17, 15) is 4.79 Å². The fourth-order valence-corrected chi connectivity index (χ4v) is 4.86. The van der Waals surface area contributed by atoms with Crippen LogP contribution in [0.15, 0.2) is 29.3 Å². The van der Waals surface area contributed by atoms with Crippen molar-refractivity contribution in [3.05, 3.63) is 35.4 Å². The average Bonchev–Trinajstić information content (AvgIpc) is 2.72. The van der Waals surface area contributed by atoms with Gasteiger partial charge >= 0.3 is 0 Å². The number of guanidine groups is 1. The first-order chi connectivity index (χ1) is 14.5. The van der Waals surface area contributed by atoms with E-state index in [-0.39, 0.29) is 5.91 Å². The molecular formula is C24H39N5O. The number of primary amides is 1. The maximum atomic E-state index is 11.4. The van der Waals surface area contributed by atoms with Gasteiger partial charge < -0.3 is 16.0 Å². The van der Waals surface area contributed by atoms with Crippen molar-refractivity contribution in [3.8, 4) is 0 Å². The van der Waals surface area contributed by atoms with Crippen LogP contribution in [0.1, 0.15) is 51.2 Å². The predicted octanol–water partition coefficient (Wildman–Crippen LogP) is 2.62. The smallest absolute Gasteiger partial charge is 0.217 e. The number of rotatable bonds is 7. The Morgan fingerprint density at radius 2 is 2.03 bits per heavy atom. The number of amides is 1. The van der Waals surface area contributed by atoms with Gasteiger partial charge in [-0.3, -0.25) is 14.7 Å². The Hall–Kier alpha value is -2.08. The molecule has 2 aliphatic heterocycles. The summed E-state index contributed by atoms with van der Waals surface area (Å²) in [6, 6.07) is 9.23. The van der Waals surface area contributed by atoms with Gasteiger partial charge in [0.05, 0.1) is 6.54 Å². The minimum absolute atomic E-state index is 0.200. The molecule has 1 amide bonds. The van der Waals surface area contributed by atoms with E-state index in [1.165, 1.54) is 11.1 Å². The highest BCUT2D eigenvalue weighted by molar-refractivity contribution is 5.80. The minimum Gasteiger partial charge on any atom is -0.370 e. The number of hydrogen-bond acceptors (Lipinski definition) is 3. The summed E-state index contributed by atoms with van der Waals surface area (Å²) < 4.78 is 0. The van der Waals surface area contributed by atoms with E-state index in [4.69, 9.17) is 10.7 Å². The van der Waals surface area contributed by atoms with Crippen molar-refractivity contribution in [2.75, 3.05) is 32.7 Å². The first-order valence-corrected chi connectivity index (χ1v) is 11.6. The molecule has 3 rings (SSSR count). The molecule has 1 fully saturated rings. The summed E-state index contributed by atoms with van der Waals surface area (Å²) in [5.74, 6) is 1.65. The van der Waals surface area contributed by atoms with Gasteiger partial charge in [0.15, 0.2) is 5.96 Å². The molecule has 2 aliphatic rings. The number of hydrogen-bond donors (Lipinski definition) is 2. The van der Waals surface area contributed by atoms with Crippen molar-refractivity contribution in [3.63, 3.8) is 0 Å². The molecule has 6 nitrogen and oxygen atoms in total. The minimum atomic E-state index is -0.200. The average molecular weight is 414 g/mol. The van der Waals surface area contributed by atoms with E-state index in [1.807, 2.05) is 0 Å². The Balaban J connectivity index is 1.69. The van der Waals surface area contributed by atoms with Crippen LogP contribution in [-0.2, 0) is 17.8 Å². The molecule has 1 saturated heterocycles. The van der Waals surface area contributed by atoms with Gasteiger partial charge in [-0.1, -0.05) is 38.1 Å². The Kier molecular flexibility index (Phi) is 8.14. The van der Waals surface area contributed by atoms with Gasteiger partial charge in [-0.15, -0.1) is 0 Å². The summed E-state index contributed by atoms with van der Waals surface area (Å²) in [4.78, 5) is 21.4. The predicted molar refractivity (Wildman–Crippen MR) is 123 cm³/mol. The highest BCUT2D eigenvalue weighted by Crippen LogP contribution is 2.24. The summed E-state index contributed by atoms with van der Waals surface area (Å²) in [7, 11) is 0. The quantitative estimate of drug-likeness (QED) is 0.532. The monoisotopic (exact) mass is 413 g/mol. The van der Waals surface area contributed by atoms with Crippen LogP contribution in [0.2, 0.25) is 0 Å². The topological polar surface area (TPSA) is 74.0 Å². The number of likely N-dealkylation sites (tertiary alicyclic amines) is 1. The lowest BCUT2D eigenvalue weighted by atomic mass is 9.94. The SMILES string of the molecule is CCNC(=NCC(C(C)C)N1CCc2ccccc2C1)N1CCCC(CC(N)=O)C1. The van der Waals surface area contributed by atoms with Gasteiger partial charge in [-0.05, 0) is 49.1 Å². The normalized spacial score (nSPS) is 21.4. The molecule has 0 saturated carbocycles. The number of carbonyl (C=O) groups is 1. The van der Waals surface area contributed by atoms with Crippen molar-refractivity contribution >= 4 is 11.9 Å². The molecule has 0 spiro atoms. The second kappa shape index (κ2) is 10.8. The van der Waals surface area contributed by atoms with Gasteiger partial charge in [0.2, 0.25) is 5.91 Å². The summed E-state index contributed by atoms with van der Waals surface area (Å²) >= 11 is 0. The van der Waals surface area contributed by atoms with E-state index in [0.717, 1.165) is 64.5 Å². The number of benzene rings is 1. The molecule has 2 unspecified atom stereocenters. The van der Waals surface area contributed by atoms with Crippen LogP contribution in [0, 0.1) is 11.8 Å². The van der Waals surface area contributed by atoms with E-state index >= 15 is 0 Å². The van der Waals surface area contributed by atoms with Crippen molar-refractivity contribution in [1.82, 2.24) is 15.1 Å². The second-order valence-electron chi connectivity index (χ2n) is 9.12. The summed E-state index contributed by atoms with van der Waals surface area (Å²) in [6.45, 7) is 12.3. The third kappa shape index (κ3) is 5.97. The standard InChI is InChI=1S/C24H39N5O/c1-4-26-24(29-12-7-8-19(16-29)14-23(25)30)27-15-22(18(2)3)28-13-11-20-9-5-6-10-21(20)17-28/h5-6,9-10,18-19,22H,4,7-8,11-17H2,1-3H3,(H2,25,30)(H,26,27). The lowest BCUT2D eigenvalue weighted by Gasteiger charge is -2.38. The first-order valence-electron chi connectivity index (χ1n) is 11.6. The number of nitrogens with two attached hydrogens (primary N) is 1. The summed E-state index contributed by atoms with van der Waals surface area (Å²) in [5, 5.41) is 3.48. The van der Waals surface area contributed by atoms with Gasteiger partial charge in [-0.2, -0.15) is 0 Å². The van der Waals surface area contributed by atoms with Crippen LogP contribution < -0.4 is 11.1 Å².